The number of amides is 1. The molecule has 1 spiro atoms. The lowest BCUT2D eigenvalue weighted by atomic mass is 9.62. The number of hydrogen-bond donors (Lipinski definition) is 1. The molecule has 7 nitrogen and oxygen atoms in total. The van der Waals surface area contributed by atoms with Gasteiger partial charge in [-0.05, 0) is 58.5 Å². The Balaban J connectivity index is 1.53. The number of ether oxygens (including phenoxy) is 2. The molecule has 1 amide bonds. The van der Waals surface area contributed by atoms with Crippen LogP contribution in [0.2, 0.25) is 0 Å². The lowest BCUT2D eigenvalue weighted by Gasteiger charge is -2.38. The van der Waals surface area contributed by atoms with Crippen LogP contribution < -0.4 is 14.8 Å². The summed E-state index contributed by atoms with van der Waals surface area (Å²) in [4.78, 5) is 46.3. The van der Waals surface area contributed by atoms with Gasteiger partial charge in [0.15, 0.2) is 23.1 Å². The molecule has 41 heavy (non-hydrogen) atoms. The molecule has 1 fully saturated rings. The highest BCUT2D eigenvalue weighted by Crippen LogP contribution is 2.62. The van der Waals surface area contributed by atoms with E-state index < -0.39 is 23.4 Å². The number of para-hydroxylation sites is 1. The van der Waals surface area contributed by atoms with Crippen LogP contribution in [-0.4, -0.2) is 42.6 Å². The highest BCUT2D eigenvalue weighted by Gasteiger charge is 2.70. The molecule has 8 heteroatoms. The van der Waals surface area contributed by atoms with Crippen LogP contribution in [0.25, 0.3) is 6.08 Å². The Labute approximate surface area is 241 Å². The van der Waals surface area contributed by atoms with E-state index in [0.29, 0.717) is 33.2 Å². The van der Waals surface area contributed by atoms with Crippen molar-refractivity contribution in [2.24, 2.45) is 5.92 Å². The number of anilines is 1. The normalized spacial score (nSPS) is 23.5. The van der Waals surface area contributed by atoms with Crippen molar-refractivity contribution in [3.8, 4) is 11.5 Å². The number of Topliss-reactive ketones (excluding diaryl/α,β-unsaturated/α-hetero) is 2. The van der Waals surface area contributed by atoms with Gasteiger partial charge in [0.25, 0.3) is 0 Å². The first-order valence-electron chi connectivity index (χ1n) is 13.3. The maximum atomic E-state index is 14.9. The van der Waals surface area contributed by atoms with Crippen molar-refractivity contribution in [2.75, 3.05) is 19.5 Å². The number of carbonyl (C=O) groups excluding carboxylic acids is 3. The van der Waals surface area contributed by atoms with Crippen molar-refractivity contribution in [3.63, 3.8) is 0 Å². The highest BCUT2D eigenvalue weighted by molar-refractivity contribution is 7.12. The van der Waals surface area contributed by atoms with Gasteiger partial charge in [0.1, 0.15) is 11.5 Å². The van der Waals surface area contributed by atoms with E-state index in [1.54, 1.807) is 24.3 Å². The number of thiophene rings is 1. The first kappa shape index (κ1) is 25.3. The van der Waals surface area contributed by atoms with Gasteiger partial charge in [-0.1, -0.05) is 48.5 Å². The maximum Gasteiger partial charge on any atom is 0.238 e. The molecule has 4 aromatic rings. The third kappa shape index (κ3) is 3.47. The fourth-order valence-corrected chi connectivity index (χ4v) is 7.60. The molecule has 4 atom stereocenters. The van der Waals surface area contributed by atoms with E-state index in [1.807, 2.05) is 77.2 Å². The van der Waals surface area contributed by atoms with Crippen LogP contribution in [0, 0.1) is 5.92 Å². The number of methoxy groups -OCH3 is 2. The van der Waals surface area contributed by atoms with Crippen LogP contribution in [0.1, 0.15) is 42.8 Å². The minimum absolute atomic E-state index is 0.193. The second-order valence-corrected chi connectivity index (χ2v) is 11.3. The number of hydrogen-bond acceptors (Lipinski definition) is 7. The summed E-state index contributed by atoms with van der Waals surface area (Å²) in [5.74, 6) is -0.964. The second kappa shape index (κ2) is 9.45. The third-order valence-electron chi connectivity index (χ3n) is 8.55. The Morgan fingerprint density at radius 2 is 1.68 bits per heavy atom. The average Bonchev–Trinajstić information content (AvgIpc) is 3.73. The largest absolute Gasteiger partial charge is 0.493 e. The van der Waals surface area contributed by atoms with Gasteiger partial charge in [0.05, 0.1) is 31.1 Å². The van der Waals surface area contributed by atoms with Crippen molar-refractivity contribution in [1.82, 2.24) is 4.90 Å². The number of carbonyl (C=O) groups is 3. The molecule has 0 radical (unpaired) electrons. The van der Waals surface area contributed by atoms with Gasteiger partial charge < -0.3 is 19.7 Å². The van der Waals surface area contributed by atoms with E-state index in [4.69, 9.17) is 9.47 Å². The molecule has 3 aliphatic rings. The Bertz CT molecular complexity index is 1750. The number of ketones is 2. The Morgan fingerprint density at radius 1 is 0.902 bits per heavy atom. The number of fused-ring (bicyclic) bond motifs is 6. The van der Waals surface area contributed by atoms with E-state index in [0.717, 1.165) is 11.1 Å². The molecule has 0 aliphatic carbocycles. The summed E-state index contributed by atoms with van der Waals surface area (Å²) in [5, 5.41) is 4.92. The summed E-state index contributed by atoms with van der Waals surface area (Å²) in [6.45, 7) is 0. The van der Waals surface area contributed by atoms with Crippen LogP contribution >= 0.6 is 11.3 Å². The molecular formula is C33H26N2O5S. The lowest BCUT2D eigenvalue weighted by Crippen LogP contribution is -2.49. The molecule has 0 unspecified atom stereocenters. The zero-order valence-corrected chi connectivity index (χ0v) is 23.2. The summed E-state index contributed by atoms with van der Waals surface area (Å²) in [6.07, 6.45) is 3.83. The Hall–Kier alpha value is -4.69. The molecule has 204 valence electrons. The monoisotopic (exact) mass is 562 g/mol. The van der Waals surface area contributed by atoms with Crippen LogP contribution in [0.15, 0.2) is 90.4 Å². The fourth-order valence-electron chi connectivity index (χ4n) is 6.90. The predicted octanol–water partition coefficient (Wildman–Crippen LogP) is 5.75. The zero-order valence-electron chi connectivity index (χ0n) is 22.4. The molecule has 3 aromatic carbocycles. The molecule has 3 aliphatic heterocycles. The molecule has 1 saturated heterocycles. The lowest BCUT2D eigenvalue weighted by molar-refractivity contribution is -0.122. The topological polar surface area (TPSA) is 84.9 Å². The van der Waals surface area contributed by atoms with Crippen LogP contribution in [0.5, 0.6) is 11.5 Å². The van der Waals surface area contributed by atoms with E-state index in [9.17, 15) is 14.4 Å². The van der Waals surface area contributed by atoms with E-state index in [2.05, 4.69) is 5.32 Å². The minimum atomic E-state index is -1.38. The molecule has 7 rings (SSSR count). The molecule has 1 N–H and O–H groups in total. The van der Waals surface area contributed by atoms with Crippen molar-refractivity contribution >= 4 is 40.6 Å². The molecular weight excluding hydrogens is 536 g/mol. The molecule has 0 bridgehead atoms. The van der Waals surface area contributed by atoms with Gasteiger partial charge in [0.2, 0.25) is 5.91 Å². The van der Waals surface area contributed by atoms with Crippen LogP contribution in [0.4, 0.5) is 5.69 Å². The SMILES string of the molecule is COc1ccc(C(=O)[C@@H]2[C@H](C(=O)c3cccs3)N3C=Cc4ccccc4[C@H]3[C@@]23C(=O)Nc2ccccc23)cc1OC. The number of nitrogens with zero attached hydrogens (tertiary/aromatic N) is 1. The van der Waals surface area contributed by atoms with Gasteiger partial charge in [-0.2, -0.15) is 0 Å². The second-order valence-electron chi connectivity index (χ2n) is 10.4. The number of nitrogens with one attached hydrogen (secondary N) is 1. The van der Waals surface area contributed by atoms with Crippen molar-refractivity contribution in [1.29, 1.82) is 0 Å². The van der Waals surface area contributed by atoms with Crippen LogP contribution in [0.3, 0.4) is 0 Å². The summed E-state index contributed by atoms with van der Waals surface area (Å²) < 4.78 is 10.9. The summed E-state index contributed by atoms with van der Waals surface area (Å²) in [5.41, 5.74) is 2.18. The zero-order chi connectivity index (χ0) is 28.3. The average molecular weight is 563 g/mol. The Kier molecular flexibility index (Phi) is 5.83. The van der Waals surface area contributed by atoms with Crippen LogP contribution in [-0.2, 0) is 10.2 Å². The Morgan fingerprint density at radius 3 is 2.46 bits per heavy atom. The minimum Gasteiger partial charge on any atom is -0.493 e. The van der Waals surface area contributed by atoms with E-state index in [1.165, 1.54) is 25.6 Å². The quantitative estimate of drug-likeness (QED) is 0.302. The van der Waals surface area contributed by atoms with E-state index >= 15 is 0 Å². The first-order chi connectivity index (χ1) is 20.0. The number of rotatable bonds is 6. The summed E-state index contributed by atoms with van der Waals surface area (Å²) in [6, 6.07) is 22.4. The fraction of sp³-hybridized carbons (Fsp3) is 0.182. The van der Waals surface area contributed by atoms with Gasteiger partial charge in [-0.25, -0.2) is 0 Å². The molecule has 0 saturated carbocycles. The molecule has 4 heterocycles. The number of benzene rings is 3. The summed E-state index contributed by atoms with van der Waals surface area (Å²) in [7, 11) is 3.04. The van der Waals surface area contributed by atoms with Gasteiger partial charge in [-0.3, -0.25) is 14.4 Å². The highest BCUT2D eigenvalue weighted by atomic mass is 32.1. The van der Waals surface area contributed by atoms with Crippen molar-refractivity contribution < 1.29 is 23.9 Å². The first-order valence-corrected chi connectivity index (χ1v) is 14.2. The molecule has 1 aromatic heterocycles. The van der Waals surface area contributed by atoms with Crippen molar-refractivity contribution in [2.45, 2.75) is 17.5 Å². The maximum absolute atomic E-state index is 14.9. The standard InChI is InChI=1S/C33H26N2O5S/c1-39-24-14-13-20(18-25(24)40-2)29(36)27-28(30(37)26-12-7-17-41-26)35-16-15-19-8-3-4-9-21(19)31(35)33(27)22-10-5-6-11-23(22)34-32(33)38/h3-18,27-28,31H,1-2H3,(H,34,38)/t27-,28+,31-,33-/m0/s1. The van der Waals surface area contributed by atoms with Gasteiger partial charge in [0, 0.05) is 17.5 Å². The van der Waals surface area contributed by atoms with Crippen molar-refractivity contribution in [3.05, 3.63) is 118 Å². The predicted molar refractivity (Wildman–Crippen MR) is 157 cm³/mol. The van der Waals surface area contributed by atoms with Gasteiger partial charge >= 0.3 is 0 Å². The smallest absolute Gasteiger partial charge is 0.238 e. The third-order valence-corrected chi connectivity index (χ3v) is 9.44. The van der Waals surface area contributed by atoms with Gasteiger partial charge in [-0.15, -0.1) is 11.3 Å². The summed E-state index contributed by atoms with van der Waals surface area (Å²) >= 11 is 1.33. The van der Waals surface area contributed by atoms with E-state index in [-0.39, 0.29) is 17.5 Å².